The van der Waals surface area contributed by atoms with Crippen LogP contribution in [-0.4, -0.2) is 21.2 Å². The quantitative estimate of drug-likeness (QED) is 0.623. The molecule has 2 aromatic heterocycles. The van der Waals surface area contributed by atoms with Crippen LogP contribution in [0.15, 0.2) is 17.0 Å². The van der Waals surface area contributed by atoms with Gasteiger partial charge in [0.2, 0.25) is 0 Å². The first-order chi connectivity index (χ1) is 8.63. The van der Waals surface area contributed by atoms with E-state index in [0.717, 1.165) is 35.6 Å². The van der Waals surface area contributed by atoms with Crippen molar-refractivity contribution in [1.82, 2.24) is 9.55 Å². The molecule has 5 heteroatoms. The van der Waals surface area contributed by atoms with E-state index >= 15 is 0 Å². The molecule has 0 aliphatic rings. The lowest BCUT2D eigenvalue weighted by Crippen LogP contribution is -2.07. The summed E-state index contributed by atoms with van der Waals surface area (Å²) in [4.78, 5) is 15.9. The van der Waals surface area contributed by atoms with Gasteiger partial charge in [-0.25, -0.2) is 4.98 Å². The Hall–Kier alpha value is -1.13. The van der Waals surface area contributed by atoms with Crippen molar-refractivity contribution < 1.29 is 4.79 Å². The van der Waals surface area contributed by atoms with Crippen LogP contribution in [0.5, 0.6) is 0 Å². The summed E-state index contributed by atoms with van der Waals surface area (Å²) in [7, 11) is 0. The number of aromatic nitrogens is 2. The molecule has 2 aromatic rings. The second-order valence-corrected chi connectivity index (χ2v) is 5.21. The highest BCUT2D eigenvalue weighted by atomic mass is 35.5. The monoisotopic (exact) mass is 282 g/mol. The molecule has 0 saturated carbocycles. The van der Waals surface area contributed by atoms with Gasteiger partial charge in [-0.3, -0.25) is 4.79 Å². The van der Waals surface area contributed by atoms with Gasteiger partial charge < -0.3 is 4.57 Å². The van der Waals surface area contributed by atoms with Gasteiger partial charge in [-0.05, 0) is 19.9 Å². The van der Waals surface area contributed by atoms with Gasteiger partial charge in [-0.2, -0.15) is 0 Å². The number of aryl methyl sites for hydroxylation is 2. The van der Waals surface area contributed by atoms with Crippen LogP contribution in [0, 0.1) is 13.8 Å². The van der Waals surface area contributed by atoms with Crippen molar-refractivity contribution in [2.75, 3.05) is 5.88 Å². The molecule has 0 radical (unpaired) electrons. The van der Waals surface area contributed by atoms with Crippen LogP contribution in [-0.2, 0) is 13.0 Å². The molecule has 0 aromatic carbocycles. The second-order valence-electron chi connectivity index (χ2n) is 4.22. The van der Waals surface area contributed by atoms with E-state index in [0.29, 0.717) is 0 Å². The highest BCUT2D eigenvalue weighted by Crippen LogP contribution is 2.17. The lowest BCUT2D eigenvalue weighted by molar-refractivity contribution is 0.102. The van der Waals surface area contributed by atoms with Gasteiger partial charge in [0.05, 0.1) is 17.1 Å². The van der Waals surface area contributed by atoms with Gasteiger partial charge in [0.15, 0.2) is 5.78 Å². The number of nitrogens with zero attached hydrogens (tertiary/aromatic N) is 2. The van der Waals surface area contributed by atoms with Crippen molar-refractivity contribution in [2.45, 2.75) is 26.8 Å². The number of carbonyl (C=O) groups is 1. The molecule has 0 saturated heterocycles. The molecule has 18 heavy (non-hydrogen) atoms. The highest BCUT2D eigenvalue weighted by Gasteiger charge is 2.14. The molecule has 2 heterocycles. The number of hydrogen-bond donors (Lipinski definition) is 0. The number of rotatable bonds is 5. The minimum atomic E-state index is -0.00956. The second kappa shape index (κ2) is 5.67. The van der Waals surface area contributed by atoms with Crippen molar-refractivity contribution in [2.24, 2.45) is 0 Å². The van der Waals surface area contributed by atoms with Crippen LogP contribution >= 0.6 is 22.9 Å². The Labute approximate surface area is 115 Å². The van der Waals surface area contributed by atoms with E-state index in [4.69, 9.17) is 11.6 Å². The molecule has 2 rings (SSSR count). The van der Waals surface area contributed by atoms with Crippen molar-refractivity contribution in [3.8, 4) is 0 Å². The maximum Gasteiger partial charge on any atom is 0.179 e. The summed E-state index contributed by atoms with van der Waals surface area (Å²) in [5.41, 5.74) is 5.76. The van der Waals surface area contributed by atoms with Crippen LogP contribution in [0.3, 0.4) is 0 Å². The summed E-state index contributed by atoms with van der Waals surface area (Å²) in [6.45, 7) is 4.82. The molecule has 0 fully saturated rings. The molecule has 0 atom stereocenters. The Morgan fingerprint density at radius 3 is 2.89 bits per heavy atom. The van der Waals surface area contributed by atoms with Crippen molar-refractivity contribution >= 4 is 28.7 Å². The number of thiazole rings is 1. The smallest absolute Gasteiger partial charge is 0.179 e. The lowest BCUT2D eigenvalue weighted by Gasteiger charge is -2.08. The van der Waals surface area contributed by atoms with E-state index in [9.17, 15) is 4.79 Å². The third-order valence-electron chi connectivity index (χ3n) is 3.07. The van der Waals surface area contributed by atoms with Gasteiger partial charge in [0.25, 0.3) is 0 Å². The average Bonchev–Trinajstić information content (AvgIpc) is 2.96. The number of alkyl halides is 1. The summed E-state index contributed by atoms with van der Waals surface area (Å²) < 4.78 is 2.15. The predicted molar refractivity (Wildman–Crippen MR) is 74.8 cm³/mol. The van der Waals surface area contributed by atoms with Gasteiger partial charge in [-0.1, -0.05) is 0 Å². The van der Waals surface area contributed by atoms with E-state index in [-0.39, 0.29) is 11.7 Å². The molecule has 0 aliphatic heterocycles. The van der Waals surface area contributed by atoms with Gasteiger partial charge in [0, 0.05) is 35.3 Å². The molecule has 0 bridgehead atoms. The number of halogens is 1. The average molecular weight is 283 g/mol. The standard InChI is InChI=1S/C13H15ClN2OS/c1-9-5-12(13(17)6-14)10(2)16(9)4-3-11-7-18-8-15-11/h5,7-8H,3-4,6H2,1-2H3. The third-order valence-corrected chi connectivity index (χ3v) is 3.95. The zero-order chi connectivity index (χ0) is 13.1. The first kappa shape index (κ1) is 13.3. The van der Waals surface area contributed by atoms with E-state index in [1.165, 1.54) is 0 Å². The number of Topliss-reactive ketones (excluding diaryl/α,β-unsaturated/α-hetero) is 1. The molecule has 0 spiro atoms. The zero-order valence-electron chi connectivity index (χ0n) is 10.4. The molecule has 96 valence electrons. The molecule has 0 unspecified atom stereocenters. The van der Waals surface area contributed by atoms with Crippen LogP contribution in [0.25, 0.3) is 0 Å². The normalized spacial score (nSPS) is 10.8. The van der Waals surface area contributed by atoms with Gasteiger partial charge in [0.1, 0.15) is 0 Å². The summed E-state index contributed by atoms with van der Waals surface area (Å²) in [5.74, 6) is 0.0285. The van der Waals surface area contributed by atoms with Crippen molar-refractivity contribution in [3.05, 3.63) is 39.6 Å². The van der Waals surface area contributed by atoms with Crippen molar-refractivity contribution in [1.29, 1.82) is 0 Å². The Balaban J connectivity index is 2.18. The summed E-state index contributed by atoms with van der Waals surface area (Å²) in [5, 5.41) is 2.05. The Bertz CT molecular complexity index is 546. The van der Waals surface area contributed by atoms with Crippen LogP contribution in [0.1, 0.15) is 27.4 Å². The van der Waals surface area contributed by atoms with Gasteiger partial charge >= 0.3 is 0 Å². The maximum absolute atomic E-state index is 11.7. The minimum absolute atomic E-state index is 0.00956. The Morgan fingerprint density at radius 1 is 1.50 bits per heavy atom. The molecule has 0 aliphatic carbocycles. The minimum Gasteiger partial charge on any atom is -0.348 e. The van der Waals surface area contributed by atoms with Crippen molar-refractivity contribution in [3.63, 3.8) is 0 Å². The maximum atomic E-state index is 11.7. The summed E-state index contributed by atoms with van der Waals surface area (Å²) in [6, 6.07) is 1.92. The fourth-order valence-electron chi connectivity index (χ4n) is 2.09. The largest absolute Gasteiger partial charge is 0.348 e. The third kappa shape index (κ3) is 2.65. The van der Waals surface area contributed by atoms with Gasteiger partial charge in [-0.15, -0.1) is 22.9 Å². The van der Waals surface area contributed by atoms with E-state index in [1.54, 1.807) is 11.3 Å². The van der Waals surface area contributed by atoms with E-state index in [2.05, 4.69) is 14.9 Å². The first-order valence-electron chi connectivity index (χ1n) is 5.76. The molecular weight excluding hydrogens is 268 g/mol. The topological polar surface area (TPSA) is 34.9 Å². The van der Waals surface area contributed by atoms with E-state index in [1.807, 2.05) is 25.4 Å². The number of ketones is 1. The SMILES string of the molecule is Cc1cc(C(=O)CCl)c(C)n1CCc1cscn1. The molecule has 0 N–H and O–H groups in total. The lowest BCUT2D eigenvalue weighted by atomic mass is 10.2. The van der Waals surface area contributed by atoms with Crippen LogP contribution < -0.4 is 0 Å². The highest BCUT2D eigenvalue weighted by molar-refractivity contribution is 7.07. The number of carbonyl (C=O) groups excluding carboxylic acids is 1. The summed E-state index contributed by atoms with van der Waals surface area (Å²) in [6.07, 6.45) is 0.883. The Kier molecular flexibility index (Phi) is 4.19. The van der Waals surface area contributed by atoms with E-state index < -0.39 is 0 Å². The van der Waals surface area contributed by atoms with Crippen LogP contribution in [0.4, 0.5) is 0 Å². The molecular formula is C13H15ClN2OS. The molecule has 0 amide bonds. The fraction of sp³-hybridized carbons (Fsp3) is 0.385. The fourth-order valence-corrected chi connectivity index (χ4v) is 2.82. The zero-order valence-corrected chi connectivity index (χ0v) is 12.0. The first-order valence-corrected chi connectivity index (χ1v) is 7.24. The summed E-state index contributed by atoms with van der Waals surface area (Å²) >= 11 is 7.22. The number of hydrogen-bond acceptors (Lipinski definition) is 3. The predicted octanol–water partition coefficient (Wildman–Crippen LogP) is 3.23. The Morgan fingerprint density at radius 2 is 2.28 bits per heavy atom. The van der Waals surface area contributed by atoms with Crippen LogP contribution in [0.2, 0.25) is 0 Å². The molecule has 3 nitrogen and oxygen atoms in total.